The Morgan fingerprint density at radius 3 is 2.25 bits per heavy atom. The normalized spacial score (nSPS) is 28.8. The SMILES string of the molecule is CCC1(C)NC(C(C)C)N(C(C)CCCC(C)C)C1=O. The van der Waals surface area contributed by atoms with Gasteiger partial charge in [-0.2, -0.15) is 0 Å². The molecule has 0 radical (unpaired) electrons. The number of carbonyl (C=O) groups is 1. The van der Waals surface area contributed by atoms with Crippen LogP contribution in [0.1, 0.15) is 74.1 Å². The third-order valence-electron chi connectivity index (χ3n) is 4.69. The highest BCUT2D eigenvalue weighted by molar-refractivity contribution is 5.88. The van der Waals surface area contributed by atoms with Crippen LogP contribution < -0.4 is 5.32 Å². The molecule has 1 aliphatic heterocycles. The summed E-state index contributed by atoms with van der Waals surface area (Å²) in [6, 6.07) is 0.328. The number of nitrogens with one attached hydrogen (secondary N) is 1. The van der Waals surface area contributed by atoms with Crippen LogP contribution in [0.2, 0.25) is 0 Å². The molecule has 1 fully saturated rings. The van der Waals surface area contributed by atoms with Gasteiger partial charge in [0.15, 0.2) is 0 Å². The van der Waals surface area contributed by atoms with Crippen molar-refractivity contribution in [1.29, 1.82) is 0 Å². The number of hydrogen-bond donors (Lipinski definition) is 1. The number of hydrogen-bond acceptors (Lipinski definition) is 2. The van der Waals surface area contributed by atoms with E-state index in [1.165, 1.54) is 12.8 Å². The van der Waals surface area contributed by atoms with Gasteiger partial charge in [-0.25, -0.2) is 0 Å². The topological polar surface area (TPSA) is 32.3 Å². The van der Waals surface area contributed by atoms with Crippen LogP contribution in [0.4, 0.5) is 0 Å². The number of amides is 1. The fraction of sp³-hybridized carbons (Fsp3) is 0.941. The lowest BCUT2D eigenvalue weighted by atomic mass is 9.98. The van der Waals surface area contributed by atoms with Crippen molar-refractivity contribution in [2.24, 2.45) is 11.8 Å². The second kappa shape index (κ2) is 6.93. The Kier molecular flexibility index (Phi) is 6.06. The van der Waals surface area contributed by atoms with Gasteiger partial charge in [0.1, 0.15) is 0 Å². The van der Waals surface area contributed by atoms with E-state index in [0.29, 0.717) is 12.0 Å². The van der Waals surface area contributed by atoms with E-state index in [1.807, 2.05) is 6.92 Å². The summed E-state index contributed by atoms with van der Waals surface area (Å²) in [6.45, 7) is 15.3. The monoisotopic (exact) mass is 282 g/mol. The van der Waals surface area contributed by atoms with Gasteiger partial charge < -0.3 is 4.90 Å². The molecule has 1 heterocycles. The minimum atomic E-state index is -0.374. The van der Waals surface area contributed by atoms with Gasteiger partial charge >= 0.3 is 0 Å². The smallest absolute Gasteiger partial charge is 0.244 e. The number of nitrogens with zero attached hydrogens (tertiary/aromatic N) is 1. The molecule has 1 aliphatic rings. The van der Waals surface area contributed by atoms with Gasteiger partial charge in [0, 0.05) is 6.04 Å². The lowest BCUT2D eigenvalue weighted by Crippen LogP contribution is -2.46. The van der Waals surface area contributed by atoms with Gasteiger partial charge in [0.25, 0.3) is 0 Å². The molecule has 0 aromatic heterocycles. The third kappa shape index (κ3) is 3.75. The van der Waals surface area contributed by atoms with Gasteiger partial charge in [-0.1, -0.05) is 47.5 Å². The summed E-state index contributed by atoms with van der Waals surface area (Å²) in [5.74, 6) is 1.48. The zero-order valence-electron chi connectivity index (χ0n) is 14.5. The van der Waals surface area contributed by atoms with Gasteiger partial charge in [-0.05, 0) is 38.5 Å². The summed E-state index contributed by atoms with van der Waals surface area (Å²) in [7, 11) is 0. The van der Waals surface area contributed by atoms with E-state index in [1.54, 1.807) is 0 Å². The van der Waals surface area contributed by atoms with Crippen molar-refractivity contribution < 1.29 is 4.79 Å². The van der Waals surface area contributed by atoms with Gasteiger partial charge in [0.2, 0.25) is 5.91 Å². The van der Waals surface area contributed by atoms with Crippen LogP contribution in [-0.4, -0.2) is 28.6 Å². The van der Waals surface area contributed by atoms with Gasteiger partial charge in [0.05, 0.1) is 11.7 Å². The second-order valence-electron chi connectivity index (χ2n) is 7.41. The molecule has 3 atom stereocenters. The maximum absolute atomic E-state index is 12.8. The average molecular weight is 282 g/mol. The molecule has 0 saturated carbocycles. The summed E-state index contributed by atoms with van der Waals surface area (Å²) in [4.78, 5) is 14.9. The van der Waals surface area contributed by atoms with E-state index in [9.17, 15) is 4.79 Å². The zero-order chi connectivity index (χ0) is 15.5. The Morgan fingerprint density at radius 2 is 1.80 bits per heavy atom. The second-order valence-corrected chi connectivity index (χ2v) is 7.41. The highest BCUT2D eigenvalue weighted by Gasteiger charge is 2.48. The molecule has 1 amide bonds. The largest absolute Gasteiger partial charge is 0.323 e. The van der Waals surface area contributed by atoms with E-state index in [0.717, 1.165) is 18.8 Å². The molecule has 1 N–H and O–H groups in total. The summed E-state index contributed by atoms with van der Waals surface area (Å²) >= 11 is 0. The lowest BCUT2D eigenvalue weighted by molar-refractivity contribution is -0.135. The molecule has 3 unspecified atom stereocenters. The molecule has 1 saturated heterocycles. The van der Waals surface area contributed by atoms with Crippen LogP contribution in [0.5, 0.6) is 0 Å². The Labute approximate surface area is 125 Å². The van der Waals surface area contributed by atoms with Crippen molar-refractivity contribution in [2.75, 3.05) is 0 Å². The zero-order valence-corrected chi connectivity index (χ0v) is 14.5. The first-order chi connectivity index (χ1) is 9.23. The minimum absolute atomic E-state index is 0.182. The summed E-state index contributed by atoms with van der Waals surface area (Å²) < 4.78 is 0. The average Bonchev–Trinajstić information content (AvgIpc) is 2.63. The van der Waals surface area contributed by atoms with Crippen LogP contribution in [0.15, 0.2) is 0 Å². The summed E-state index contributed by atoms with van der Waals surface area (Å²) in [5.41, 5.74) is -0.374. The van der Waals surface area contributed by atoms with Crippen molar-refractivity contribution >= 4 is 5.91 Å². The number of rotatable bonds is 7. The van der Waals surface area contributed by atoms with E-state index >= 15 is 0 Å². The first-order valence-electron chi connectivity index (χ1n) is 8.33. The molecule has 0 spiro atoms. The predicted octanol–water partition coefficient (Wildman–Crippen LogP) is 3.78. The van der Waals surface area contributed by atoms with Crippen molar-refractivity contribution in [3.63, 3.8) is 0 Å². The van der Waals surface area contributed by atoms with E-state index in [-0.39, 0.29) is 17.6 Å². The lowest BCUT2D eigenvalue weighted by Gasteiger charge is -2.33. The molecule has 20 heavy (non-hydrogen) atoms. The van der Waals surface area contributed by atoms with E-state index < -0.39 is 0 Å². The maximum Gasteiger partial charge on any atom is 0.244 e. The molecule has 0 aromatic rings. The molecule has 0 aromatic carbocycles. The van der Waals surface area contributed by atoms with Crippen LogP contribution in [-0.2, 0) is 4.79 Å². The van der Waals surface area contributed by atoms with Crippen LogP contribution in [0, 0.1) is 11.8 Å². The van der Waals surface area contributed by atoms with Crippen LogP contribution in [0.25, 0.3) is 0 Å². The van der Waals surface area contributed by atoms with Crippen molar-refractivity contribution in [3.05, 3.63) is 0 Å². The first kappa shape index (κ1) is 17.5. The highest BCUT2D eigenvalue weighted by atomic mass is 16.2. The first-order valence-corrected chi connectivity index (χ1v) is 8.33. The molecule has 1 rings (SSSR count). The Morgan fingerprint density at radius 1 is 1.20 bits per heavy atom. The molecule has 0 aliphatic carbocycles. The van der Waals surface area contributed by atoms with E-state index in [2.05, 4.69) is 51.8 Å². The molecule has 118 valence electrons. The Balaban J connectivity index is 2.75. The van der Waals surface area contributed by atoms with Gasteiger partial charge in [-0.15, -0.1) is 0 Å². The standard InChI is InChI=1S/C17H34N2O/c1-8-17(7)16(20)19(15(18-17)13(4)5)14(6)11-9-10-12(2)3/h12-15,18H,8-11H2,1-7H3. The molecule has 3 nitrogen and oxygen atoms in total. The minimum Gasteiger partial charge on any atom is -0.323 e. The van der Waals surface area contributed by atoms with Crippen molar-refractivity contribution in [1.82, 2.24) is 10.2 Å². The molecular formula is C17H34N2O. The summed E-state index contributed by atoms with van der Waals surface area (Å²) in [6.07, 6.45) is 4.59. The quantitative estimate of drug-likeness (QED) is 0.770. The van der Waals surface area contributed by atoms with Crippen molar-refractivity contribution in [3.8, 4) is 0 Å². The third-order valence-corrected chi connectivity index (χ3v) is 4.69. The Bertz CT molecular complexity index is 327. The fourth-order valence-electron chi connectivity index (χ4n) is 3.05. The Hall–Kier alpha value is -0.570. The molecule has 0 bridgehead atoms. The van der Waals surface area contributed by atoms with Crippen LogP contribution >= 0.6 is 0 Å². The van der Waals surface area contributed by atoms with Gasteiger partial charge in [-0.3, -0.25) is 10.1 Å². The molecule has 3 heteroatoms. The summed E-state index contributed by atoms with van der Waals surface area (Å²) in [5, 5.41) is 3.57. The molecular weight excluding hydrogens is 248 g/mol. The maximum atomic E-state index is 12.8. The predicted molar refractivity (Wildman–Crippen MR) is 85.5 cm³/mol. The fourth-order valence-corrected chi connectivity index (χ4v) is 3.05. The van der Waals surface area contributed by atoms with Crippen molar-refractivity contribution in [2.45, 2.75) is 91.9 Å². The van der Waals surface area contributed by atoms with E-state index in [4.69, 9.17) is 0 Å². The highest BCUT2D eigenvalue weighted by Crippen LogP contribution is 2.30. The van der Waals surface area contributed by atoms with Crippen LogP contribution in [0.3, 0.4) is 0 Å². The number of carbonyl (C=O) groups excluding carboxylic acids is 1.